The molecule has 1 nitrogen and oxygen atoms in total. The number of rotatable bonds is 3. The Kier molecular flexibility index (Phi) is 4.63. The van der Waals surface area contributed by atoms with Gasteiger partial charge in [-0.15, -0.1) is 0 Å². The smallest absolute Gasteiger partial charge is 0.00190 e. The van der Waals surface area contributed by atoms with E-state index in [1.165, 1.54) is 60.2 Å². The summed E-state index contributed by atoms with van der Waals surface area (Å²) in [4.78, 5) is 2.44. The fourth-order valence-electron chi connectivity index (χ4n) is 3.35. The summed E-state index contributed by atoms with van der Waals surface area (Å²) in [5.41, 5.74) is 6.88. The number of nitrogens with zero attached hydrogens (tertiary/aromatic N) is 1. The number of likely N-dealkylation sites (tertiary alicyclic amines) is 1. The summed E-state index contributed by atoms with van der Waals surface area (Å²) in [5.74, 6) is 0.865. The Bertz CT molecular complexity index is 619. The normalized spacial score (nSPS) is 16.9. The highest BCUT2D eigenvalue weighted by atomic mass is 15.1. The van der Waals surface area contributed by atoms with Crippen LogP contribution in [0.4, 0.5) is 0 Å². The van der Waals surface area contributed by atoms with E-state index >= 15 is 0 Å². The molecule has 3 rings (SSSR count). The molecule has 0 bridgehead atoms. The molecule has 2 aromatic carbocycles. The lowest BCUT2D eigenvalue weighted by molar-refractivity contribution is 0.219. The predicted molar refractivity (Wildman–Crippen MR) is 95.3 cm³/mol. The van der Waals surface area contributed by atoms with E-state index in [0.29, 0.717) is 0 Å². The highest BCUT2D eigenvalue weighted by Crippen LogP contribution is 2.25. The van der Waals surface area contributed by atoms with E-state index in [1.54, 1.807) is 0 Å². The van der Waals surface area contributed by atoms with Crippen molar-refractivity contribution >= 4 is 0 Å². The Morgan fingerprint density at radius 2 is 1.50 bits per heavy atom. The van der Waals surface area contributed by atoms with Crippen LogP contribution in [0, 0.1) is 19.8 Å². The van der Waals surface area contributed by atoms with Crippen LogP contribution in [0.25, 0.3) is 11.1 Å². The highest BCUT2D eigenvalue weighted by Gasteiger charge is 2.16. The number of benzene rings is 2. The molecule has 0 atom stereocenters. The second-order valence-corrected chi connectivity index (χ2v) is 6.95. The zero-order chi connectivity index (χ0) is 15.5. The van der Waals surface area contributed by atoms with Crippen molar-refractivity contribution in [1.82, 2.24) is 4.90 Å². The lowest BCUT2D eigenvalue weighted by Crippen LogP contribution is -2.30. The van der Waals surface area contributed by atoms with Crippen LogP contribution in [-0.2, 0) is 6.42 Å². The molecule has 1 heterocycles. The topological polar surface area (TPSA) is 3.24 Å². The number of aryl methyl sites for hydroxylation is 2. The largest absolute Gasteiger partial charge is 0.306 e. The zero-order valence-corrected chi connectivity index (χ0v) is 14.1. The number of piperidine rings is 1. The maximum absolute atomic E-state index is 2.44. The molecule has 1 saturated heterocycles. The first kappa shape index (κ1) is 15.3. The van der Waals surface area contributed by atoms with Crippen molar-refractivity contribution in [2.24, 2.45) is 5.92 Å². The van der Waals surface area contributed by atoms with Crippen molar-refractivity contribution in [2.75, 3.05) is 20.1 Å². The van der Waals surface area contributed by atoms with Crippen LogP contribution in [0.15, 0.2) is 42.5 Å². The van der Waals surface area contributed by atoms with E-state index in [-0.39, 0.29) is 0 Å². The Labute approximate surface area is 135 Å². The van der Waals surface area contributed by atoms with Gasteiger partial charge in [0.15, 0.2) is 0 Å². The van der Waals surface area contributed by atoms with Gasteiger partial charge in [0.05, 0.1) is 0 Å². The average molecular weight is 293 g/mol. The maximum atomic E-state index is 2.44. The average Bonchev–Trinajstić information content (AvgIpc) is 2.53. The van der Waals surface area contributed by atoms with Crippen LogP contribution in [0.1, 0.15) is 29.5 Å². The first-order valence-electron chi connectivity index (χ1n) is 8.47. The van der Waals surface area contributed by atoms with Crippen LogP contribution in [-0.4, -0.2) is 25.0 Å². The van der Waals surface area contributed by atoms with Gasteiger partial charge < -0.3 is 4.90 Å². The number of hydrogen-bond acceptors (Lipinski definition) is 1. The van der Waals surface area contributed by atoms with Crippen molar-refractivity contribution in [3.05, 3.63) is 59.2 Å². The molecule has 1 heteroatoms. The molecule has 2 aromatic rings. The molecule has 1 aliphatic rings. The van der Waals surface area contributed by atoms with E-state index in [9.17, 15) is 0 Å². The molecule has 0 N–H and O–H groups in total. The van der Waals surface area contributed by atoms with Crippen molar-refractivity contribution in [2.45, 2.75) is 33.1 Å². The highest BCUT2D eigenvalue weighted by molar-refractivity contribution is 5.65. The minimum Gasteiger partial charge on any atom is -0.306 e. The first-order valence-corrected chi connectivity index (χ1v) is 8.47. The summed E-state index contributed by atoms with van der Waals surface area (Å²) in [6, 6.07) is 16.0. The molecule has 0 saturated carbocycles. The Balaban J connectivity index is 1.68. The minimum atomic E-state index is 0.865. The molecule has 0 amide bonds. The SMILES string of the molecule is Cc1ccc(-c2ccc(CC3CCN(C)CC3)cc2)cc1C. The van der Waals surface area contributed by atoms with Crippen LogP contribution in [0.3, 0.4) is 0 Å². The van der Waals surface area contributed by atoms with Gasteiger partial charge in [0.25, 0.3) is 0 Å². The van der Waals surface area contributed by atoms with Crippen LogP contribution < -0.4 is 0 Å². The summed E-state index contributed by atoms with van der Waals surface area (Å²) in [7, 11) is 2.23. The third-order valence-corrected chi connectivity index (χ3v) is 5.16. The Hall–Kier alpha value is -1.60. The van der Waals surface area contributed by atoms with E-state index in [0.717, 1.165) is 5.92 Å². The minimum absolute atomic E-state index is 0.865. The first-order chi connectivity index (χ1) is 10.6. The van der Waals surface area contributed by atoms with Gasteiger partial charge in [-0.3, -0.25) is 0 Å². The third-order valence-electron chi connectivity index (χ3n) is 5.16. The molecule has 0 radical (unpaired) electrons. The van der Waals surface area contributed by atoms with E-state index in [2.05, 4.69) is 68.3 Å². The molecule has 116 valence electrons. The van der Waals surface area contributed by atoms with Gasteiger partial charge in [0, 0.05) is 0 Å². The van der Waals surface area contributed by atoms with Crippen LogP contribution in [0.5, 0.6) is 0 Å². The summed E-state index contributed by atoms with van der Waals surface area (Å²) in [6.07, 6.45) is 3.92. The van der Waals surface area contributed by atoms with Gasteiger partial charge in [0.2, 0.25) is 0 Å². The van der Waals surface area contributed by atoms with E-state index in [4.69, 9.17) is 0 Å². The molecule has 22 heavy (non-hydrogen) atoms. The van der Waals surface area contributed by atoms with Crippen molar-refractivity contribution in [1.29, 1.82) is 0 Å². The molecule has 1 fully saturated rings. The van der Waals surface area contributed by atoms with Gasteiger partial charge in [-0.1, -0.05) is 42.5 Å². The maximum Gasteiger partial charge on any atom is -0.00190 e. The van der Waals surface area contributed by atoms with Crippen LogP contribution in [0.2, 0.25) is 0 Å². The Morgan fingerprint density at radius 1 is 0.864 bits per heavy atom. The fraction of sp³-hybridized carbons (Fsp3) is 0.429. The second kappa shape index (κ2) is 6.66. The second-order valence-electron chi connectivity index (χ2n) is 6.95. The molecule has 0 aliphatic carbocycles. The van der Waals surface area contributed by atoms with E-state index in [1.807, 2.05) is 0 Å². The van der Waals surface area contributed by atoms with Gasteiger partial charge in [-0.25, -0.2) is 0 Å². The lowest BCUT2D eigenvalue weighted by atomic mass is 9.89. The predicted octanol–water partition coefficient (Wildman–Crippen LogP) is 4.85. The number of hydrogen-bond donors (Lipinski definition) is 0. The fourth-order valence-corrected chi connectivity index (χ4v) is 3.35. The standard InChI is InChI=1S/C21H27N/c1-16-4-7-21(14-17(16)2)20-8-5-18(6-9-20)15-19-10-12-22(3)13-11-19/h4-9,14,19H,10-13,15H2,1-3H3. The molecule has 0 unspecified atom stereocenters. The van der Waals surface area contributed by atoms with Gasteiger partial charge in [-0.05, 0) is 87.0 Å². The van der Waals surface area contributed by atoms with Gasteiger partial charge >= 0.3 is 0 Å². The molecular formula is C21H27N. The summed E-state index contributed by atoms with van der Waals surface area (Å²) < 4.78 is 0. The quantitative estimate of drug-likeness (QED) is 0.781. The third kappa shape index (κ3) is 3.59. The summed E-state index contributed by atoms with van der Waals surface area (Å²) in [6.45, 7) is 6.87. The zero-order valence-electron chi connectivity index (χ0n) is 14.1. The monoisotopic (exact) mass is 293 g/mol. The van der Waals surface area contributed by atoms with E-state index < -0.39 is 0 Å². The van der Waals surface area contributed by atoms with Gasteiger partial charge in [0.1, 0.15) is 0 Å². The molecule has 1 aliphatic heterocycles. The van der Waals surface area contributed by atoms with Crippen molar-refractivity contribution in [3.63, 3.8) is 0 Å². The summed E-state index contributed by atoms with van der Waals surface area (Å²) in [5, 5.41) is 0. The van der Waals surface area contributed by atoms with Crippen molar-refractivity contribution in [3.8, 4) is 11.1 Å². The molecular weight excluding hydrogens is 266 g/mol. The van der Waals surface area contributed by atoms with Crippen molar-refractivity contribution < 1.29 is 0 Å². The van der Waals surface area contributed by atoms with Crippen LogP contribution >= 0.6 is 0 Å². The molecule has 0 aromatic heterocycles. The Morgan fingerprint density at radius 3 is 2.14 bits per heavy atom. The summed E-state index contributed by atoms with van der Waals surface area (Å²) >= 11 is 0. The lowest BCUT2D eigenvalue weighted by Gasteiger charge is -2.29. The van der Waals surface area contributed by atoms with Gasteiger partial charge in [-0.2, -0.15) is 0 Å². The molecule has 0 spiro atoms.